The minimum absolute atomic E-state index is 0.278. The van der Waals surface area contributed by atoms with Gasteiger partial charge >= 0.3 is 0 Å². The van der Waals surface area contributed by atoms with Gasteiger partial charge in [0.15, 0.2) is 0 Å². The summed E-state index contributed by atoms with van der Waals surface area (Å²) in [5.41, 5.74) is 1.16. The zero-order valence-corrected chi connectivity index (χ0v) is 9.77. The Bertz CT molecular complexity index is 338. The van der Waals surface area contributed by atoms with E-state index in [-0.39, 0.29) is 6.04 Å². The highest BCUT2D eigenvalue weighted by Crippen LogP contribution is 2.33. The van der Waals surface area contributed by atoms with Crippen LogP contribution >= 0.6 is 0 Å². The number of nitrogens with one attached hydrogen (secondary N) is 1. The van der Waals surface area contributed by atoms with Crippen LogP contribution in [-0.4, -0.2) is 32.4 Å². The van der Waals surface area contributed by atoms with Crippen LogP contribution in [-0.2, 0) is 4.74 Å². The van der Waals surface area contributed by atoms with Gasteiger partial charge in [-0.25, -0.2) is 0 Å². The van der Waals surface area contributed by atoms with Crippen LogP contribution in [0.5, 0.6) is 5.75 Å². The van der Waals surface area contributed by atoms with Gasteiger partial charge in [-0.1, -0.05) is 0 Å². The maximum Gasteiger partial charge on any atom is 0.141 e. The van der Waals surface area contributed by atoms with Crippen molar-refractivity contribution in [2.24, 2.45) is 5.92 Å². The van der Waals surface area contributed by atoms with Gasteiger partial charge in [0.1, 0.15) is 5.75 Å². The van der Waals surface area contributed by atoms with Crippen molar-refractivity contribution in [3.05, 3.63) is 24.0 Å². The van der Waals surface area contributed by atoms with Crippen molar-refractivity contribution in [2.45, 2.75) is 12.5 Å². The summed E-state index contributed by atoms with van der Waals surface area (Å²) < 4.78 is 10.8. The number of aromatic nitrogens is 1. The molecule has 88 valence electrons. The predicted octanol–water partition coefficient (Wildman–Crippen LogP) is 1.39. The second-order valence-electron chi connectivity index (χ2n) is 4.01. The van der Waals surface area contributed by atoms with E-state index in [0.29, 0.717) is 5.92 Å². The van der Waals surface area contributed by atoms with Gasteiger partial charge in [-0.2, -0.15) is 0 Å². The molecular formula is C12H18N2O2. The van der Waals surface area contributed by atoms with E-state index < -0.39 is 0 Å². The van der Waals surface area contributed by atoms with Crippen molar-refractivity contribution in [3.8, 4) is 5.75 Å². The first-order chi connectivity index (χ1) is 7.86. The molecule has 0 radical (unpaired) electrons. The summed E-state index contributed by atoms with van der Waals surface area (Å²) in [6.07, 6.45) is 4.66. The Hall–Kier alpha value is -1.13. The van der Waals surface area contributed by atoms with E-state index in [4.69, 9.17) is 9.47 Å². The molecule has 1 N–H and O–H groups in total. The molecule has 0 aromatic carbocycles. The first kappa shape index (κ1) is 11.4. The zero-order chi connectivity index (χ0) is 11.4. The first-order valence-electron chi connectivity index (χ1n) is 5.59. The molecule has 2 unspecified atom stereocenters. The van der Waals surface area contributed by atoms with Crippen LogP contribution in [0.4, 0.5) is 0 Å². The monoisotopic (exact) mass is 222 g/mol. The summed E-state index contributed by atoms with van der Waals surface area (Å²) in [7, 11) is 3.65. The number of ether oxygens (including phenoxy) is 2. The van der Waals surface area contributed by atoms with Crippen LogP contribution in [0, 0.1) is 5.92 Å². The molecule has 4 heteroatoms. The van der Waals surface area contributed by atoms with Crippen molar-refractivity contribution in [3.63, 3.8) is 0 Å². The lowest BCUT2D eigenvalue weighted by Crippen LogP contribution is -2.26. The molecule has 1 aliphatic rings. The van der Waals surface area contributed by atoms with E-state index in [9.17, 15) is 0 Å². The van der Waals surface area contributed by atoms with Crippen LogP contribution in [0.3, 0.4) is 0 Å². The van der Waals surface area contributed by atoms with Crippen molar-refractivity contribution in [1.82, 2.24) is 10.3 Å². The molecule has 4 nitrogen and oxygen atoms in total. The molecule has 1 aromatic rings. The van der Waals surface area contributed by atoms with E-state index in [1.165, 1.54) is 0 Å². The van der Waals surface area contributed by atoms with E-state index in [0.717, 1.165) is 30.9 Å². The highest BCUT2D eigenvalue weighted by molar-refractivity contribution is 5.33. The molecule has 1 saturated heterocycles. The van der Waals surface area contributed by atoms with Crippen LogP contribution in [0.25, 0.3) is 0 Å². The predicted molar refractivity (Wildman–Crippen MR) is 61.5 cm³/mol. The lowest BCUT2D eigenvalue weighted by atomic mass is 9.92. The van der Waals surface area contributed by atoms with Gasteiger partial charge in [-0.05, 0) is 19.5 Å². The second kappa shape index (κ2) is 5.27. The molecule has 0 amide bonds. The van der Waals surface area contributed by atoms with Gasteiger partial charge in [0, 0.05) is 30.3 Å². The highest BCUT2D eigenvalue weighted by Gasteiger charge is 2.27. The van der Waals surface area contributed by atoms with Gasteiger partial charge in [0.05, 0.1) is 19.9 Å². The minimum atomic E-state index is 0.278. The average Bonchev–Trinajstić information content (AvgIpc) is 2.84. The first-order valence-corrected chi connectivity index (χ1v) is 5.59. The van der Waals surface area contributed by atoms with Crippen molar-refractivity contribution in [2.75, 3.05) is 27.4 Å². The number of pyridine rings is 1. The lowest BCUT2D eigenvalue weighted by Gasteiger charge is -2.23. The normalized spacial score (nSPS) is 22.0. The van der Waals surface area contributed by atoms with Crippen LogP contribution in [0.15, 0.2) is 18.5 Å². The van der Waals surface area contributed by atoms with Gasteiger partial charge < -0.3 is 14.8 Å². The number of nitrogens with zero attached hydrogens (tertiary/aromatic N) is 1. The van der Waals surface area contributed by atoms with E-state index >= 15 is 0 Å². The lowest BCUT2D eigenvalue weighted by molar-refractivity contribution is 0.177. The van der Waals surface area contributed by atoms with Crippen molar-refractivity contribution < 1.29 is 9.47 Å². The van der Waals surface area contributed by atoms with E-state index in [2.05, 4.69) is 10.3 Å². The third kappa shape index (κ3) is 2.18. The van der Waals surface area contributed by atoms with Crippen molar-refractivity contribution >= 4 is 0 Å². The SMILES string of the molecule is CNC(c1ccncc1OC)C1CCOC1. The molecule has 1 fully saturated rings. The second-order valence-corrected chi connectivity index (χ2v) is 4.01. The fourth-order valence-corrected chi connectivity index (χ4v) is 2.28. The molecule has 1 aromatic heterocycles. The number of hydrogen-bond acceptors (Lipinski definition) is 4. The number of rotatable bonds is 4. The minimum Gasteiger partial charge on any atom is -0.495 e. The molecule has 2 heterocycles. The Balaban J connectivity index is 2.24. The molecule has 0 aliphatic carbocycles. The van der Waals surface area contributed by atoms with Crippen LogP contribution in [0.2, 0.25) is 0 Å². The molecule has 0 saturated carbocycles. The Morgan fingerprint density at radius 2 is 2.50 bits per heavy atom. The molecular weight excluding hydrogens is 204 g/mol. The van der Waals surface area contributed by atoms with Gasteiger partial charge in [0.25, 0.3) is 0 Å². The van der Waals surface area contributed by atoms with Gasteiger partial charge in [-0.15, -0.1) is 0 Å². The maximum atomic E-state index is 5.44. The Labute approximate surface area is 96.0 Å². The van der Waals surface area contributed by atoms with E-state index in [1.807, 2.05) is 13.1 Å². The smallest absolute Gasteiger partial charge is 0.141 e. The summed E-state index contributed by atoms with van der Waals surface area (Å²) in [5.74, 6) is 1.36. The fraction of sp³-hybridized carbons (Fsp3) is 0.583. The summed E-state index contributed by atoms with van der Waals surface area (Å²) in [4.78, 5) is 4.08. The summed E-state index contributed by atoms with van der Waals surface area (Å²) in [6, 6.07) is 2.29. The quantitative estimate of drug-likeness (QED) is 0.836. The zero-order valence-electron chi connectivity index (χ0n) is 9.77. The van der Waals surface area contributed by atoms with Gasteiger partial charge in [-0.3, -0.25) is 4.98 Å². The average molecular weight is 222 g/mol. The Kier molecular flexibility index (Phi) is 3.74. The highest BCUT2D eigenvalue weighted by atomic mass is 16.5. The number of methoxy groups -OCH3 is 1. The van der Waals surface area contributed by atoms with Crippen LogP contribution in [0.1, 0.15) is 18.0 Å². The third-order valence-corrected chi connectivity index (χ3v) is 3.12. The molecule has 2 rings (SSSR count). The number of hydrogen-bond donors (Lipinski definition) is 1. The molecule has 0 spiro atoms. The summed E-state index contributed by atoms with van der Waals surface area (Å²) >= 11 is 0. The Morgan fingerprint density at radius 3 is 3.12 bits per heavy atom. The summed E-state index contributed by atoms with van der Waals surface area (Å²) in [5, 5.41) is 3.35. The molecule has 2 atom stereocenters. The fourth-order valence-electron chi connectivity index (χ4n) is 2.28. The Morgan fingerprint density at radius 1 is 1.62 bits per heavy atom. The molecule has 0 bridgehead atoms. The standard InChI is InChI=1S/C12H18N2O2/c1-13-12(9-4-6-16-8-9)10-3-5-14-7-11(10)15-2/h3,5,7,9,12-13H,4,6,8H2,1-2H3. The van der Waals surface area contributed by atoms with E-state index in [1.54, 1.807) is 19.5 Å². The van der Waals surface area contributed by atoms with Crippen LogP contribution < -0.4 is 10.1 Å². The third-order valence-electron chi connectivity index (χ3n) is 3.12. The summed E-state index contributed by atoms with van der Waals surface area (Å²) in [6.45, 7) is 1.67. The molecule has 16 heavy (non-hydrogen) atoms. The largest absolute Gasteiger partial charge is 0.495 e. The van der Waals surface area contributed by atoms with Crippen molar-refractivity contribution in [1.29, 1.82) is 0 Å². The topological polar surface area (TPSA) is 43.4 Å². The molecule has 1 aliphatic heterocycles. The maximum absolute atomic E-state index is 5.44. The van der Waals surface area contributed by atoms with Gasteiger partial charge in [0.2, 0.25) is 0 Å².